The van der Waals surface area contributed by atoms with E-state index in [9.17, 15) is 9.35 Å². The molecule has 1 saturated heterocycles. The first-order valence-corrected chi connectivity index (χ1v) is 15.4. The fourth-order valence-corrected chi connectivity index (χ4v) is 5.47. The summed E-state index contributed by atoms with van der Waals surface area (Å²) >= 11 is -1.33. The van der Waals surface area contributed by atoms with Crippen LogP contribution in [0.15, 0.2) is 48.8 Å². The first kappa shape index (κ1) is 29.6. The molecule has 10 nitrogen and oxygen atoms in total. The highest BCUT2D eigenvalue weighted by molar-refractivity contribution is 7.92. The van der Waals surface area contributed by atoms with E-state index in [0.717, 1.165) is 47.5 Å². The molecule has 1 amide bonds. The number of hydrogen-bond acceptors (Lipinski definition) is 9. The van der Waals surface area contributed by atoms with Crippen molar-refractivity contribution in [2.45, 2.75) is 45.4 Å². The van der Waals surface area contributed by atoms with Gasteiger partial charge in [-0.2, -0.15) is 0 Å². The number of amides is 1. The molecule has 2 aromatic heterocycles. The number of nitrogens with one attached hydrogen (secondary N) is 4. The first-order chi connectivity index (χ1) is 20.0. The van der Waals surface area contributed by atoms with Crippen LogP contribution in [0.2, 0.25) is 0 Å². The van der Waals surface area contributed by atoms with Gasteiger partial charge in [-0.15, -0.1) is 0 Å². The van der Waals surface area contributed by atoms with Gasteiger partial charge >= 0.3 is 0 Å². The molecule has 0 aliphatic carbocycles. The van der Waals surface area contributed by atoms with E-state index >= 15 is 0 Å². The molecule has 4 aromatic rings. The van der Waals surface area contributed by atoms with Crippen LogP contribution in [-0.4, -0.2) is 51.9 Å². The molecule has 1 aliphatic heterocycles. The molecule has 220 valence electrons. The minimum atomic E-state index is -1.33. The molecule has 2 atom stereocenters. The molecule has 0 bridgehead atoms. The number of carbonyl (C=O) groups is 1. The number of aryl methyl sites for hydroxylation is 1. The second kappa shape index (κ2) is 12.1. The lowest BCUT2D eigenvalue weighted by molar-refractivity contribution is 0.102. The van der Waals surface area contributed by atoms with E-state index < -0.39 is 11.4 Å². The molecule has 2 unspecified atom stereocenters. The molecule has 0 radical (unpaired) electrons. The molecule has 5 rings (SSSR count). The summed E-state index contributed by atoms with van der Waals surface area (Å²) in [6.45, 7) is 10.1. The van der Waals surface area contributed by atoms with E-state index in [-0.39, 0.29) is 11.3 Å². The van der Waals surface area contributed by atoms with Crippen molar-refractivity contribution in [3.63, 3.8) is 0 Å². The van der Waals surface area contributed by atoms with E-state index in [0.29, 0.717) is 39.9 Å². The maximum Gasteiger partial charge on any atom is 0.255 e. The van der Waals surface area contributed by atoms with Gasteiger partial charge in [0.1, 0.15) is 23.8 Å². The Balaban J connectivity index is 1.46. The third-order valence-electron chi connectivity index (χ3n) is 7.40. The van der Waals surface area contributed by atoms with Crippen LogP contribution in [0.4, 0.5) is 22.9 Å². The largest absolute Gasteiger partial charge is 0.593 e. The Morgan fingerprint density at radius 3 is 2.57 bits per heavy atom. The van der Waals surface area contributed by atoms with E-state index in [2.05, 4.69) is 51.4 Å². The highest BCUT2D eigenvalue weighted by atomic mass is 32.2. The van der Waals surface area contributed by atoms with E-state index in [1.54, 1.807) is 18.4 Å². The van der Waals surface area contributed by atoms with Gasteiger partial charge in [0.2, 0.25) is 0 Å². The van der Waals surface area contributed by atoms with Crippen LogP contribution < -0.4 is 25.4 Å². The lowest BCUT2D eigenvalue weighted by Crippen LogP contribution is -2.18. The maximum atomic E-state index is 13.6. The summed E-state index contributed by atoms with van der Waals surface area (Å²) in [6, 6.07) is 13.3. The van der Waals surface area contributed by atoms with Crippen molar-refractivity contribution in [2.75, 3.05) is 41.8 Å². The molecule has 2 aromatic carbocycles. The SMILES string of the molecule is COc1c(NC(=O)c2ccc(C)c(Nc3ncnc4ccc(C5CCNC5)nc34)c2)cc(C(C)(C)C)cc1N[S+](C)[O-]. The van der Waals surface area contributed by atoms with Crippen molar-refractivity contribution in [3.05, 3.63) is 71.2 Å². The van der Waals surface area contributed by atoms with Gasteiger partial charge in [0.15, 0.2) is 11.6 Å². The zero-order chi connectivity index (χ0) is 30.0. The normalized spacial score (nSPS) is 15.8. The third-order valence-corrected chi connectivity index (χ3v) is 7.90. The summed E-state index contributed by atoms with van der Waals surface area (Å²) in [5.41, 5.74) is 6.34. The van der Waals surface area contributed by atoms with Crippen LogP contribution in [-0.2, 0) is 16.8 Å². The number of anilines is 4. The Morgan fingerprint density at radius 1 is 1.10 bits per heavy atom. The zero-order valence-electron chi connectivity index (χ0n) is 24.8. The molecule has 11 heteroatoms. The van der Waals surface area contributed by atoms with Gasteiger partial charge in [0, 0.05) is 29.4 Å². The average molecular weight is 588 g/mol. The fourth-order valence-electron chi connectivity index (χ4n) is 5.01. The van der Waals surface area contributed by atoms with Gasteiger partial charge in [-0.05, 0) is 72.8 Å². The monoisotopic (exact) mass is 587 g/mol. The molecule has 1 fully saturated rings. The quantitative estimate of drug-likeness (QED) is 0.199. The number of hydrogen-bond donors (Lipinski definition) is 4. The first-order valence-electron chi connectivity index (χ1n) is 13.9. The van der Waals surface area contributed by atoms with Crippen LogP contribution in [0.1, 0.15) is 60.3 Å². The smallest absolute Gasteiger partial charge is 0.255 e. The minimum Gasteiger partial charge on any atom is -0.593 e. The van der Waals surface area contributed by atoms with Crippen molar-refractivity contribution < 1.29 is 14.1 Å². The third kappa shape index (κ3) is 6.43. The number of aromatic nitrogens is 3. The maximum absolute atomic E-state index is 13.6. The predicted octanol–water partition coefficient (Wildman–Crippen LogP) is 5.42. The van der Waals surface area contributed by atoms with Gasteiger partial charge in [-0.25, -0.2) is 19.7 Å². The van der Waals surface area contributed by atoms with Crippen molar-refractivity contribution in [2.24, 2.45) is 0 Å². The van der Waals surface area contributed by atoms with Crippen LogP contribution in [0, 0.1) is 6.92 Å². The molecular weight excluding hydrogens is 550 g/mol. The molecular formula is C31H37N7O3S. The summed E-state index contributed by atoms with van der Waals surface area (Å²) in [6.07, 6.45) is 4.10. The minimum absolute atomic E-state index is 0.221. The fraction of sp³-hybridized carbons (Fsp3) is 0.355. The molecule has 1 aliphatic rings. The molecule has 42 heavy (non-hydrogen) atoms. The zero-order valence-corrected chi connectivity index (χ0v) is 25.6. The Labute approximate surface area is 249 Å². The van der Waals surface area contributed by atoms with E-state index in [1.807, 2.05) is 37.3 Å². The summed E-state index contributed by atoms with van der Waals surface area (Å²) in [5, 5.41) is 9.80. The van der Waals surface area contributed by atoms with Gasteiger partial charge in [-0.1, -0.05) is 26.8 Å². The summed E-state index contributed by atoms with van der Waals surface area (Å²) in [7, 11) is 1.52. The van der Waals surface area contributed by atoms with Gasteiger partial charge in [0.05, 0.1) is 29.7 Å². The second-order valence-corrected chi connectivity index (χ2v) is 12.6. The molecule has 0 spiro atoms. The number of methoxy groups -OCH3 is 1. The highest BCUT2D eigenvalue weighted by Crippen LogP contribution is 2.39. The average Bonchev–Trinajstić information content (AvgIpc) is 3.48. The standard InChI is InChI=1S/C31H37N7O3S/c1-18-7-8-19(30(39)37-25-14-21(31(2,3)4)15-26(28(25)41-5)38-42(6)40)13-24(18)36-29-27-23(33-17-34-29)10-9-22(35-27)20-11-12-32-16-20/h7-10,13-15,17,20,32,38H,11-12,16H2,1-6H3,(H,37,39)(H,33,34,36). The number of fused-ring (bicyclic) bond motifs is 1. The highest BCUT2D eigenvalue weighted by Gasteiger charge is 2.23. The van der Waals surface area contributed by atoms with Gasteiger partial charge in [0.25, 0.3) is 5.91 Å². The van der Waals surface area contributed by atoms with Crippen LogP contribution in [0.5, 0.6) is 5.75 Å². The van der Waals surface area contributed by atoms with Crippen molar-refractivity contribution in [1.82, 2.24) is 20.3 Å². The summed E-state index contributed by atoms with van der Waals surface area (Å²) < 4.78 is 20.6. The van der Waals surface area contributed by atoms with Crippen LogP contribution in [0.3, 0.4) is 0 Å². The molecule has 4 N–H and O–H groups in total. The van der Waals surface area contributed by atoms with Gasteiger partial charge < -0.3 is 25.2 Å². The number of pyridine rings is 1. The Morgan fingerprint density at radius 2 is 1.88 bits per heavy atom. The summed E-state index contributed by atoms with van der Waals surface area (Å²) in [5.74, 6) is 1.03. The van der Waals surface area contributed by atoms with Crippen LogP contribution in [0.25, 0.3) is 11.0 Å². The number of benzene rings is 2. The number of nitrogens with zero attached hydrogens (tertiary/aromatic N) is 3. The van der Waals surface area contributed by atoms with E-state index in [1.165, 1.54) is 13.4 Å². The number of carbonyl (C=O) groups excluding carboxylic acids is 1. The Kier molecular flexibility index (Phi) is 8.53. The number of ether oxygens (including phenoxy) is 1. The summed E-state index contributed by atoms with van der Waals surface area (Å²) in [4.78, 5) is 27.4. The van der Waals surface area contributed by atoms with Crippen molar-refractivity contribution >= 4 is 51.2 Å². The lowest BCUT2D eigenvalue weighted by Gasteiger charge is -2.24. The van der Waals surface area contributed by atoms with Crippen LogP contribution >= 0.6 is 0 Å². The van der Waals surface area contributed by atoms with Gasteiger partial charge in [-0.3, -0.25) is 4.79 Å². The molecule has 0 saturated carbocycles. The second-order valence-electron chi connectivity index (χ2n) is 11.5. The topological polar surface area (TPSA) is 136 Å². The van der Waals surface area contributed by atoms with E-state index in [4.69, 9.17) is 9.72 Å². The predicted molar refractivity (Wildman–Crippen MR) is 169 cm³/mol. The molecule has 3 heterocycles. The van der Waals surface area contributed by atoms with Crippen molar-refractivity contribution in [3.8, 4) is 5.75 Å². The number of rotatable bonds is 8. The van der Waals surface area contributed by atoms with Crippen molar-refractivity contribution in [1.29, 1.82) is 0 Å². The Hall–Kier alpha value is -3.93. The Bertz CT molecular complexity index is 1610. The lowest BCUT2D eigenvalue weighted by atomic mass is 9.86.